The predicted molar refractivity (Wildman–Crippen MR) is 162 cm³/mol. The van der Waals surface area contributed by atoms with Crippen LogP contribution < -0.4 is 26.6 Å². The van der Waals surface area contributed by atoms with Crippen LogP contribution in [-0.4, -0.2) is 59.2 Å². The average Bonchev–Trinajstić information content (AvgIpc) is 3.74. The molecule has 0 unspecified atom stereocenters. The minimum Gasteiger partial charge on any atom is -0.349 e. The SMILES string of the molecule is CC(C)C[C@@H]1NC(=O)[C@H](Cc2ccccc2)NC(=O)CCC2(CC2)NC(=O)[C@H](Cc2ccccc2)NC(=O)[C@H](C)NC1=O. The summed E-state index contributed by atoms with van der Waals surface area (Å²) in [6, 6.07) is 15.1. The van der Waals surface area contributed by atoms with Crippen molar-refractivity contribution in [2.75, 3.05) is 0 Å². The second-order valence-corrected chi connectivity index (χ2v) is 12.3. The molecule has 1 saturated carbocycles. The first-order chi connectivity index (χ1) is 20.5. The Labute approximate surface area is 253 Å². The van der Waals surface area contributed by atoms with E-state index >= 15 is 0 Å². The molecule has 0 bridgehead atoms. The van der Waals surface area contributed by atoms with Crippen molar-refractivity contribution in [3.05, 3.63) is 71.8 Å². The van der Waals surface area contributed by atoms with E-state index in [2.05, 4.69) is 26.6 Å². The standard InChI is InChI=1S/C33H43N5O5/c1-21(2)18-25-30(41)34-22(3)29(40)36-27(20-24-12-8-5-9-13-24)32(43)38-33(16-17-33)15-14-28(39)35-26(31(42)37-25)19-23-10-6-4-7-11-23/h4-13,21-22,25-27H,14-20H2,1-3H3,(H,34,41)(H,35,39)(H,36,40)(H,37,42)(H,38,43)/t22-,25-,26-,27-/m0/s1. The van der Waals surface area contributed by atoms with Crippen molar-refractivity contribution in [1.29, 1.82) is 0 Å². The van der Waals surface area contributed by atoms with Crippen molar-refractivity contribution in [3.63, 3.8) is 0 Å². The Morgan fingerprint density at radius 1 is 0.651 bits per heavy atom. The maximum absolute atomic E-state index is 13.6. The maximum atomic E-state index is 13.6. The molecule has 1 aliphatic heterocycles. The summed E-state index contributed by atoms with van der Waals surface area (Å²) < 4.78 is 0. The zero-order valence-electron chi connectivity index (χ0n) is 25.2. The lowest BCUT2D eigenvalue weighted by Gasteiger charge is -2.26. The van der Waals surface area contributed by atoms with Crippen LogP contribution in [0.1, 0.15) is 64.0 Å². The molecule has 2 aromatic rings. The molecule has 5 amide bonds. The summed E-state index contributed by atoms with van der Waals surface area (Å²) in [6.45, 7) is 5.41. The predicted octanol–water partition coefficient (Wildman–Crippen LogP) is 1.92. The van der Waals surface area contributed by atoms with Crippen LogP contribution in [0.4, 0.5) is 0 Å². The molecule has 43 heavy (non-hydrogen) atoms. The second-order valence-electron chi connectivity index (χ2n) is 12.3. The van der Waals surface area contributed by atoms with Crippen LogP contribution >= 0.6 is 0 Å². The molecule has 1 heterocycles. The highest BCUT2D eigenvalue weighted by Gasteiger charge is 2.45. The molecule has 2 fully saturated rings. The zero-order chi connectivity index (χ0) is 31.0. The molecule has 10 heteroatoms. The van der Waals surface area contributed by atoms with E-state index in [0.29, 0.717) is 12.8 Å². The first kappa shape index (κ1) is 31.7. The first-order valence-corrected chi connectivity index (χ1v) is 15.1. The van der Waals surface area contributed by atoms with Crippen molar-refractivity contribution in [1.82, 2.24) is 26.6 Å². The van der Waals surface area contributed by atoms with Gasteiger partial charge in [-0.05, 0) is 49.7 Å². The van der Waals surface area contributed by atoms with Gasteiger partial charge in [-0.1, -0.05) is 74.5 Å². The normalized spacial score (nSPS) is 25.2. The molecular formula is C33H43N5O5. The third kappa shape index (κ3) is 9.39. The fraction of sp³-hybridized carbons (Fsp3) is 0.485. The number of hydrogen-bond donors (Lipinski definition) is 5. The largest absolute Gasteiger partial charge is 0.349 e. The van der Waals surface area contributed by atoms with Crippen LogP contribution in [0, 0.1) is 5.92 Å². The van der Waals surface area contributed by atoms with Crippen molar-refractivity contribution in [2.45, 2.75) is 95.4 Å². The van der Waals surface area contributed by atoms with Gasteiger partial charge in [-0.2, -0.15) is 0 Å². The molecule has 1 saturated heterocycles. The van der Waals surface area contributed by atoms with Crippen LogP contribution in [-0.2, 0) is 36.8 Å². The van der Waals surface area contributed by atoms with E-state index in [-0.39, 0.29) is 37.0 Å². The number of carbonyl (C=O) groups excluding carboxylic acids is 5. The smallest absolute Gasteiger partial charge is 0.243 e. The van der Waals surface area contributed by atoms with Crippen molar-refractivity contribution < 1.29 is 24.0 Å². The van der Waals surface area contributed by atoms with E-state index in [1.165, 1.54) is 0 Å². The van der Waals surface area contributed by atoms with Gasteiger partial charge < -0.3 is 26.6 Å². The maximum Gasteiger partial charge on any atom is 0.243 e. The van der Waals surface area contributed by atoms with Gasteiger partial charge in [0.25, 0.3) is 0 Å². The number of amides is 5. The fourth-order valence-corrected chi connectivity index (χ4v) is 5.33. The summed E-state index contributed by atoms with van der Waals surface area (Å²) in [6.07, 6.45) is 2.80. The lowest BCUT2D eigenvalue weighted by Crippen LogP contribution is -2.58. The fourth-order valence-electron chi connectivity index (χ4n) is 5.33. The minimum atomic E-state index is -0.962. The minimum absolute atomic E-state index is 0.0603. The van der Waals surface area contributed by atoms with Crippen LogP contribution in [0.25, 0.3) is 0 Å². The number of benzene rings is 2. The van der Waals surface area contributed by atoms with Crippen LogP contribution in [0.15, 0.2) is 60.7 Å². The molecule has 2 aliphatic rings. The molecule has 1 spiro atoms. The monoisotopic (exact) mass is 589 g/mol. The third-order valence-electron chi connectivity index (χ3n) is 8.01. The quantitative estimate of drug-likeness (QED) is 0.350. The van der Waals surface area contributed by atoms with Gasteiger partial charge >= 0.3 is 0 Å². The Morgan fingerprint density at radius 3 is 1.70 bits per heavy atom. The zero-order valence-corrected chi connectivity index (χ0v) is 25.2. The lowest BCUT2D eigenvalue weighted by atomic mass is 10.0. The second kappa shape index (κ2) is 14.3. The van der Waals surface area contributed by atoms with Gasteiger partial charge in [0.05, 0.1) is 0 Å². The Morgan fingerprint density at radius 2 is 1.16 bits per heavy atom. The van der Waals surface area contributed by atoms with Crippen molar-refractivity contribution in [3.8, 4) is 0 Å². The molecule has 0 aromatic heterocycles. The highest BCUT2D eigenvalue weighted by Crippen LogP contribution is 2.39. The highest BCUT2D eigenvalue weighted by atomic mass is 16.2. The Balaban J connectivity index is 1.60. The lowest BCUT2D eigenvalue weighted by molar-refractivity contribution is -0.134. The summed E-state index contributed by atoms with van der Waals surface area (Å²) in [4.78, 5) is 66.9. The molecule has 5 N–H and O–H groups in total. The van der Waals surface area contributed by atoms with E-state index in [9.17, 15) is 24.0 Å². The van der Waals surface area contributed by atoms with Gasteiger partial charge in [0.2, 0.25) is 29.5 Å². The molecule has 230 valence electrons. The van der Waals surface area contributed by atoms with Crippen LogP contribution in [0.5, 0.6) is 0 Å². The highest BCUT2D eigenvalue weighted by molar-refractivity contribution is 5.95. The van der Waals surface area contributed by atoms with Gasteiger partial charge in [-0.25, -0.2) is 0 Å². The van der Waals surface area contributed by atoms with E-state index < -0.39 is 47.4 Å². The molecular weight excluding hydrogens is 546 g/mol. The van der Waals surface area contributed by atoms with E-state index in [4.69, 9.17) is 0 Å². The molecule has 4 rings (SSSR count). The number of rotatable bonds is 6. The Kier molecular flexibility index (Phi) is 10.6. The van der Waals surface area contributed by atoms with Gasteiger partial charge in [-0.3, -0.25) is 24.0 Å². The van der Waals surface area contributed by atoms with Gasteiger partial charge in [0.15, 0.2) is 0 Å². The topological polar surface area (TPSA) is 146 Å². The van der Waals surface area contributed by atoms with Crippen LogP contribution in [0.2, 0.25) is 0 Å². The van der Waals surface area contributed by atoms with Gasteiger partial charge in [-0.15, -0.1) is 0 Å². The van der Waals surface area contributed by atoms with Crippen molar-refractivity contribution in [2.24, 2.45) is 5.92 Å². The van der Waals surface area contributed by atoms with E-state index in [1.54, 1.807) is 6.92 Å². The Bertz CT molecular complexity index is 1300. The molecule has 4 atom stereocenters. The number of carbonyl (C=O) groups is 5. The third-order valence-corrected chi connectivity index (χ3v) is 8.01. The molecule has 0 radical (unpaired) electrons. The van der Waals surface area contributed by atoms with E-state index in [1.807, 2.05) is 74.5 Å². The number of nitrogens with one attached hydrogen (secondary N) is 5. The summed E-state index contributed by atoms with van der Waals surface area (Å²) in [5.41, 5.74) is 1.19. The van der Waals surface area contributed by atoms with Gasteiger partial charge in [0.1, 0.15) is 24.2 Å². The summed E-state index contributed by atoms with van der Waals surface area (Å²) in [7, 11) is 0. The van der Waals surface area contributed by atoms with Gasteiger partial charge in [0, 0.05) is 24.8 Å². The van der Waals surface area contributed by atoms with Crippen LogP contribution in [0.3, 0.4) is 0 Å². The summed E-state index contributed by atoms with van der Waals surface area (Å²) in [5.74, 6) is -2.09. The molecule has 1 aliphatic carbocycles. The Hall–Kier alpha value is -4.21. The summed E-state index contributed by atoms with van der Waals surface area (Å²) >= 11 is 0. The van der Waals surface area contributed by atoms with E-state index in [0.717, 1.165) is 24.0 Å². The average molecular weight is 590 g/mol. The molecule has 2 aromatic carbocycles. The number of hydrogen-bond acceptors (Lipinski definition) is 5. The molecule has 10 nitrogen and oxygen atoms in total. The summed E-state index contributed by atoms with van der Waals surface area (Å²) in [5, 5.41) is 14.3. The first-order valence-electron chi connectivity index (χ1n) is 15.1. The van der Waals surface area contributed by atoms with Crippen molar-refractivity contribution >= 4 is 29.5 Å².